The first-order valence-electron chi connectivity index (χ1n) is 27.4. The van der Waals surface area contributed by atoms with Crippen molar-refractivity contribution in [2.45, 2.75) is 104 Å². The molecule has 4 aliphatic heterocycles. The summed E-state index contributed by atoms with van der Waals surface area (Å²) in [5, 5.41) is 0. The van der Waals surface area contributed by atoms with Gasteiger partial charge in [-0.05, 0) is 128 Å². The number of ether oxygens (including phenoxy) is 1. The van der Waals surface area contributed by atoms with Crippen LogP contribution in [0.15, 0.2) is 182 Å². The zero-order valence-corrected chi connectivity index (χ0v) is 43.6. The summed E-state index contributed by atoms with van der Waals surface area (Å²) in [7, 11) is 0. The standard InChI is InChI=1S/C69H64N3O/c1-42-28-30-45(31-29-42)47-34-35-70-60(39-47)54-38-49(44-20-14-12-15-21-44)37-53-52-25-19-27-59-63(52)72-65(55-40-50(66(3,4)5)41-57(68(9,10)11)64(55)73-69(70,72)62(53)54)71(59)58-33-32-48(36-43(58)2)61-51(46-22-16-13-17-23-46)24-18-26-56(61)67(6,7)8/h12-41,65H,1-11H3/q+1/i2D3. The molecule has 4 nitrogen and oxygen atoms in total. The Morgan fingerprint density at radius 1 is 0.521 bits per heavy atom. The smallest absolute Gasteiger partial charge is 0.410 e. The van der Waals surface area contributed by atoms with Gasteiger partial charge in [-0.3, -0.25) is 0 Å². The Morgan fingerprint density at radius 3 is 1.88 bits per heavy atom. The first kappa shape index (κ1) is 41.9. The zero-order valence-electron chi connectivity index (χ0n) is 46.6. The lowest BCUT2D eigenvalue weighted by molar-refractivity contribution is -0.774. The van der Waals surface area contributed by atoms with Gasteiger partial charge in [0.15, 0.2) is 6.20 Å². The summed E-state index contributed by atoms with van der Waals surface area (Å²) in [5.74, 6) is -0.399. The van der Waals surface area contributed by atoms with E-state index in [-0.39, 0.29) is 16.2 Å². The molecule has 0 saturated carbocycles. The van der Waals surface area contributed by atoms with Crippen molar-refractivity contribution in [3.63, 3.8) is 0 Å². The molecule has 4 heteroatoms. The van der Waals surface area contributed by atoms with E-state index in [0.29, 0.717) is 11.3 Å². The molecule has 0 fully saturated rings. The van der Waals surface area contributed by atoms with Crippen molar-refractivity contribution in [3.8, 4) is 72.6 Å². The van der Waals surface area contributed by atoms with Crippen LogP contribution in [0.1, 0.15) is 112 Å². The quantitative estimate of drug-likeness (QED) is 0.160. The number of benzene rings is 8. The number of pyridine rings is 1. The van der Waals surface area contributed by atoms with Crippen LogP contribution in [0.5, 0.6) is 5.75 Å². The molecule has 2 atom stereocenters. The van der Waals surface area contributed by atoms with Crippen molar-refractivity contribution < 1.29 is 13.4 Å². The molecule has 5 heterocycles. The Kier molecular flexibility index (Phi) is 8.98. The molecule has 0 bridgehead atoms. The van der Waals surface area contributed by atoms with E-state index >= 15 is 0 Å². The fourth-order valence-electron chi connectivity index (χ4n) is 12.4. The van der Waals surface area contributed by atoms with E-state index in [1.165, 1.54) is 11.1 Å². The van der Waals surface area contributed by atoms with Gasteiger partial charge in [0.05, 0.1) is 16.9 Å². The van der Waals surface area contributed by atoms with Gasteiger partial charge in [0, 0.05) is 44.2 Å². The molecule has 1 spiro atoms. The van der Waals surface area contributed by atoms with Gasteiger partial charge in [-0.25, -0.2) is 4.90 Å². The van der Waals surface area contributed by atoms with Crippen LogP contribution < -0.4 is 19.1 Å². The number of fused-ring (bicyclic) bond motifs is 5. The maximum Gasteiger partial charge on any atom is 0.432 e. The van der Waals surface area contributed by atoms with E-state index in [9.17, 15) is 4.11 Å². The second-order valence-corrected chi connectivity index (χ2v) is 23.9. The first-order chi connectivity index (χ1) is 36.1. The van der Waals surface area contributed by atoms with Crippen molar-refractivity contribution in [2.75, 3.05) is 9.80 Å². The lowest BCUT2D eigenvalue weighted by Gasteiger charge is -2.49. The summed E-state index contributed by atoms with van der Waals surface area (Å²) in [6.45, 7) is 20.0. The van der Waals surface area contributed by atoms with Gasteiger partial charge in [-0.1, -0.05) is 195 Å². The molecule has 8 aromatic carbocycles. The largest absolute Gasteiger partial charge is 0.432 e. The number of aromatic nitrogens is 1. The Hall–Kier alpha value is -7.69. The van der Waals surface area contributed by atoms with Crippen molar-refractivity contribution in [3.05, 3.63) is 221 Å². The van der Waals surface area contributed by atoms with Gasteiger partial charge < -0.3 is 9.64 Å². The van der Waals surface area contributed by atoms with Gasteiger partial charge in [0.2, 0.25) is 5.69 Å². The molecule has 0 N–H and O–H groups in total. The third-order valence-corrected chi connectivity index (χ3v) is 16.0. The minimum absolute atomic E-state index is 0.218. The highest BCUT2D eigenvalue weighted by Gasteiger charge is 2.70. The van der Waals surface area contributed by atoms with E-state index in [1.54, 1.807) is 0 Å². The van der Waals surface area contributed by atoms with E-state index in [4.69, 9.17) is 4.74 Å². The van der Waals surface area contributed by atoms with Crippen LogP contribution in [0.25, 0.3) is 66.9 Å². The molecule has 0 saturated heterocycles. The molecular formula is C69H64N3O+. The number of rotatable bonds is 5. The first-order valence-corrected chi connectivity index (χ1v) is 25.9. The Labute approximate surface area is 436 Å². The summed E-state index contributed by atoms with van der Waals surface area (Å²) in [6, 6.07) is 63.3. The molecule has 0 radical (unpaired) electrons. The predicted octanol–water partition coefficient (Wildman–Crippen LogP) is 17.5. The Bertz CT molecular complexity index is 3860. The van der Waals surface area contributed by atoms with Crippen molar-refractivity contribution in [2.24, 2.45) is 0 Å². The molecule has 13 rings (SSSR count). The number of hydrogen-bond donors (Lipinski definition) is 0. The maximum absolute atomic E-state index is 9.58. The maximum atomic E-state index is 9.58. The van der Waals surface area contributed by atoms with E-state index in [2.05, 4.69) is 254 Å². The molecule has 360 valence electrons. The van der Waals surface area contributed by atoms with E-state index in [1.807, 2.05) is 12.1 Å². The predicted molar refractivity (Wildman–Crippen MR) is 303 cm³/mol. The summed E-state index contributed by atoms with van der Waals surface area (Å²) in [6.07, 6.45) is 1.69. The lowest BCUT2D eigenvalue weighted by atomic mass is 9.77. The van der Waals surface area contributed by atoms with Crippen molar-refractivity contribution >= 4 is 17.1 Å². The van der Waals surface area contributed by atoms with Gasteiger partial charge in [0.1, 0.15) is 17.5 Å². The molecular weight excluding hydrogens is 887 g/mol. The zero-order chi connectivity index (χ0) is 53.0. The third-order valence-electron chi connectivity index (χ3n) is 16.0. The second-order valence-electron chi connectivity index (χ2n) is 23.9. The third kappa shape index (κ3) is 6.68. The summed E-state index contributed by atoms with van der Waals surface area (Å²) in [5.41, 5.74) is 21.7. The Morgan fingerprint density at radius 2 is 1.18 bits per heavy atom. The highest BCUT2D eigenvalue weighted by atomic mass is 16.5. The highest BCUT2D eigenvalue weighted by Crippen LogP contribution is 2.68. The minimum Gasteiger partial charge on any atom is -0.410 e. The average Bonchev–Trinajstić information content (AvgIpc) is 3.99. The fourth-order valence-corrected chi connectivity index (χ4v) is 12.4. The van der Waals surface area contributed by atoms with Gasteiger partial charge in [0.25, 0.3) is 0 Å². The van der Waals surface area contributed by atoms with Crippen LogP contribution in [-0.4, -0.2) is 0 Å². The molecule has 1 aromatic heterocycles. The van der Waals surface area contributed by atoms with Crippen LogP contribution in [0.2, 0.25) is 0 Å². The van der Waals surface area contributed by atoms with Crippen LogP contribution in [0, 0.1) is 13.8 Å². The van der Waals surface area contributed by atoms with Crippen molar-refractivity contribution in [1.29, 1.82) is 0 Å². The second kappa shape index (κ2) is 15.7. The number of hydrogen-bond acceptors (Lipinski definition) is 3. The van der Waals surface area contributed by atoms with Crippen molar-refractivity contribution in [1.82, 2.24) is 0 Å². The van der Waals surface area contributed by atoms with Crippen LogP contribution >= 0.6 is 0 Å². The van der Waals surface area contributed by atoms with Gasteiger partial charge in [-0.15, -0.1) is 4.57 Å². The molecule has 9 aromatic rings. The minimum atomic E-state index is -2.50. The molecule has 2 unspecified atom stereocenters. The molecule has 0 amide bonds. The monoisotopic (exact) mass is 954 g/mol. The summed E-state index contributed by atoms with van der Waals surface area (Å²) < 4.78 is 39.3. The molecule has 4 aliphatic rings. The summed E-state index contributed by atoms with van der Waals surface area (Å²) >= 11 is 0. The van der Waals surface area contributed by atoms with Gasteiger partial charge in [-0.2, -0.15) is 0 Å². The lowest BCUT2D eigenvalue weighted by Crippen LogP contribution is -2.71. The average molecular weight is 954 g/mol. The normalized spacial score (nSPS) is 17.7. The highest BCUT2D eigenvalue weighted by molar-refractivity contribution is 6.03. The van der Waals surface area contributed by atoms with Crippen LogP contribution in [0.4, 0.5) is 17.1 Å². The molecule has 73 heavy (non-hydrogen) atoms. The SMILES string of the molecule is [2H]C([2H])([2H])c1cc(-c2c(-c3ccccc3)cccc2C(C)(C)C)ccc1N1c2cccc3c2N2C1c1cc(C(C)(C)C)cc(C(C)(C)C)c1OC21c2c-3cc(-c3ccccc3)cc2-c2cc(-c3ccc(C)cc3)cc[n+]21. The Balaban J connectivity index is 1.15. The molecule has 0 aliphatic carbocycles. The number of anilines is 3. The number of nitrogens with zero attached hydrogens (tertiary/aromatic N) is 3. The number of aryl methyl sites for hydroxylation is 2. The van der Waals surface area contributed by atoms with E-state index in [0.717, 1.165) is 106 Å². The fraction of sp³-hybridized carbons (Fsp3) is 0.232. The number of para-hydroxylation sites is 1. The van der Waals surface area contributed by atoms with Gasteiger partial charge >= 0.3 is 5.85 Å². The van der Waals surface area contributed by atoms with Crippen LogP contribution in [-0.2, 0) is 22.1 Å². The topological polar surface area (TPSA) is 19.6 Å². The van der Waals surface area contributed by atoms with E-state index < -0.39 is 18.9 Å². The van der Waals surface area contributed by atoms with Crippen LogP contribution in [0.3, 0.4) is 0 Å². The summed E-state index contributed by atoms with van der Waals surface area (Å²) in [4.78, 5) is 4.86.